The van der Waals surface area contributed by atoms with Crippen molar-refractivity contribution in [3.05, 3.63) is 34.3 Å². The third-order valence-electron chi connectivity index (χ3n) is 3.27. The first kappa shape index (κ1) is 13.5. The quantitative estimate of drug-likeness (QED) is 0.861. The van der Waals surface area contributed by atoms with Gasteiger partial charge in [0.25, 0.3) is 0 Å². The lowest BCUT2D eigenvalue weighted by Crippen LogP contribution is -2.30. The molecule has 0 aliphatic carbocycles. The van der Waals surface area contributed by atoms with E-state index in [9.17, 15) is 4.79 Å². The van der Waals surface area contributed by atoms with E-state index in [0.717, 1.165) is 29.5 Å². The third kappa shape index (κ3) is 3.31. The number of nitrogens with two attached hydrogens (primary N) is 1. The summed E-state index contributed by atoms with van der Waals surface area (Å²) in [4.78, 5) is 18.7. The molecule has 5 heteroatoms. The molecule has 0 spiro atoms. The Bertz CT molecular complexity index is 425. The molecule has 0 bridgehead atoms. The fraction of sp³-hybridized carbons (Fsp3) is 0.462. The number of hydrogen-bond acceptors (Lipinski definition) is 3. The van der Waals surface area contributed by atoms with Crippen molar-refractivity contribution in [3.8, 4) is 0 Å². The van der Waals surface area contributed by atoms with Crippen LogP contribution in [-0.2, 0) is 16.1 Å². The van der Waals surface area contributed by atoms with Crippen LogP contribution in [-0.4, -0.2) is 30.5 Å². The van der Waals surface area contributed by atoms with Gasteiger partial charge in [-0.1, -0.05) is 34.1 Å². The topological polar surface area (TPSA) is 55.6 Å². The van der Waals surface area contributed by atoms with Gasteiger partial charge in [0, 0.05) is 23.5 Å². The first-order chi connectivity index (χ1) is 8.70. The van der Waals surface area contributed by atoms with Crippen LogP contribution >= 0.6 is 15.9 Å². The lowest BCUT2D eigenvalue weighted by Gasteiger charge is -2.16. The summed E-state index contributed by atoms with van der Waals surface area (Å²) in [6.45, 7) is 2.08. The summed E-state index contributed by atoms with van der Waals surface area (Å²) in [6, 6.07) is 7.82. The van der Waals surface area contributed by atoms with Gasteiger partial charge in [-0.3, -0.25) is 4.79 Å². The number of benzene rings is 1. The fourth-order valence-corrected chi connectivity index (χ4v) is 2.67. The van der Waals surface area contributed by atoms with E-state index < -0.39 is 0 Å². The Kier molecular flexibility index (Phi) is 4.74. The van der Waals surface area contributed by atoms with E-state index in [4.69, 9.17) is 5.90 Å². The lowest BCUT2D eigenvalue weighted by atomic mass is 10.1. The Morgan fingerprint density at radius 3 is 3.00 bits per heavy atom. The van der Waals surface area contributed by atoms with Crippen molar-refractivity contribution >= 4 is 21.8 Å². The van der Waals surface area contributed by atoms with Crippen molar-refractivity contribution in [3.63, 3.8) is 0 Å². The molecule has 0 aromatic heterocycles. The monoisotopic (exact) mass is 312 g/mol. The van der Waals surface area contributed by atoms with E-state index >= 15 is 0 Å². The van der Waals surface area contributed by atoms with Crippen LogP contribution in [0.5, 0.6) is 0 Å². The van der Waals surface area contributed by atoms with Gasteiger partial charge in [-0.15, -0.1) is 0 Å². The minimum Gasteiger partial charge on any atom is -0.342 e. The zero-order valence-electron chi connectivity index (χ0n) is 10.1. The highest BCUT2D eigenvalue weighted by molar-refractivity contribution is 9.10. The third-order valence-corrected chi connectivity index (χ3v) is 4.04. The minimum absolute atomic E-state index is 0.168. The maximum atomic E-state index is 12.1. The number of carbonyl (C=O) groups is 1. The number of likely N-dealkylation sites (tertiary alicyclic amines) is 1. The Hall–Kier alpha value is -0.910. The second kappa shape index (κ2) is 6.31. The van der Waals surface area contributed by atoms with Crippen molar-refractivity contribution in [2.24, 2.45) is 11.8 Å². The molecule has 2 rings (SSSR count). The minimum atomic E-state index is 0.168. The summed E-state index contributed by atoms with van der Waals surface area (Å²) in [5, 5.41) is 0. The molecule has 1 aliphatic heterocycles. The number of rotatable bonds is 4. The van der Waals surface area contributed by atoms with Crippen LogP contribution in [0.15, 0.2) is 28.7 Å². The van der Waals surface area contributed by atoms with Crippen LogP contribution in [0.25, 0.3) is 0 Å². The summed E-state index contributed by atoms with van der Waals surface area (Å²) in [5.74, 6) is 5.60. The first-order valence-corrected chi connectivity index (χ1v) is 6.83. The predicted octanol–water partition coefficient (Wildman–Crippen LogP) is 1.73. The second-order valence-corrected chi connectivity index (χ2v) is 5.45. The van der Waals surface area contributed by atoms with Crippen LogP contribution in [0, 0.1) is 5.92 Å². The van der Waals surface area contributed by atoms with Crippen molar-refractivity contribution < 1.29 is 9.63 Å². The SMILES string of the molecule is NOCC1CCN(C(=O)Cc2ccccc2Br)C1. The van der Waals surface area contributed by atoms with E-state index in [1.807, 2.05) is 29.2 Å². The molecule has 1 heterocycles. The standard InChI is InChI=1S/C13H17BrN2O2/c14-12-4-2-1-3-11(12)7-13(17)16-6-5-10(8-16)9-18-15/h1-4,10H,5-9,15H2. The average molecular weight is 313 g/mol. The van der Waals surface area contributed by atoms with Gasteiger partial charge in [0.1, 0.15) is 0 Å². The highest BCUT2D eigenvalue weighted by Crippen LogP contribution is 2.20. The molecule has 98 valence electrons. The van der Waals surface area contributed by atoms with Crippen LogP contribution in [0.2, 0.25) is 0 Å². The maximum absolute atomic E-state index is 12.1. The first-order valence-electron chi connectivity index (χ1n) is 6.03. The molecular weight excluding hydrogens is 296 g/mol. The molecule has 1 aromatic carbocycles. The summed E-state index contributed by atoms with van der Waals surface area (Å²) in [6.07, 6.45) is 1.41. The van der Waals surface area contributed by atoms with Gasteiger partial charge in [-0.25, -0.2) is 5.90 Å². The molecule has 1 atom stereocenters. The van der Waals surface area contributed by atoms with Gasteiger partial charge in [0.15, 0.2) is 0 Å². The van der Waals surface area contributed by atoms with Crippen LogP contribution < -0.4 is 5.90 Å². The van der Waals surface area contributed by atoms with Gasteiger partial charge in [-0.2, -0.15) is 0 Å². The molecule has 0 saturated carbocycles. The molecular formula is C13H17BrN2O2. The van der Waals surface area contributed by atoms with Crippen molar-refractivity contribution in [2.45, 2.75) is 12.8 Å². The molecule has 1 amide bonds. The highest BCUT2D eigenvalue weighted by atomic mass is 79.9. The normalized spacial score (nSPS) is 19.2. The molecule has 4 nitrogen and oxygen atoms in total. The Labute approximate surface area is 115 Å². The van der Waals surface area contributed by atoms with Gasteiger partial charge in [0.2, 0.25) is 5.91 Å². The Morgan fingerprint density at radius 1 is 1.50 bits per heavy atom. The molecule has 1 aromatic rings. The maximum Gasteiger partial charge on any atom is 0.227 e. The zero-order valence-corrected chi connectivity index (χ0v) is 11.7. The fourth-order valence-electron chi connectivity index (χ4n) is 2.25. The van der Waals surface area contributed by atoms with E-state index in [1.54, 1.807) is 0 Å². The van der Waals surface area contributed by atoms with Gasteiger partial charge in [-0.05, 0) is 18.1 Å². The van der Waals surface area contributed by atoms with Crippen molar-refractivity contribution in [1.29, 1.82) is 0 Å². The predicted molar refractivity (Wildman–Crippen MR) is 72.7 cm³/mol. The number of hydrogen-bond donors (Lipinski definition) is 1. The summed E-state index contributed by atoms with van der Waals surface area (Å²) < 4.78 is 0.986. The van der Waals surface area contributed by atoms with Crippen LogP contribution in [0.4, 0.5) is 0 Å². The molecule has 1 aliphatic rings. The van der Waals surface area contributed by atoms with Crippen molar-refractivity contribution in [1.82, 2.24) is 4.90 Å². The van der Waals surface area contributed by atoms with E-state index in [-0.39, 0.29) is 5.91 Å². The van der Waals surface area contributed by atoms with Crippen LogP contribution in [0.1, 0.15) is 12.0 Å². The van der Waals surface area contributed by atoms with Gasteiger partial charge in [0.05, 0.1) is 13.0 Å². The van der Waals surface area contributed by atoms with E-state index in [2.05, 4.69) is 20.8 Å². The Morgan fingerprint density at radius 2 is 2.28 bits per heavy atom. The number of nitrogens with zero attached hydrogens (tertiary/aromatic N) is 1. The summed E-state index contributed by atoms with van der Waals surface area (Å²) in [7, 11) is 0. The smallest absolute Gasteiger partial charge is 0.227 e. The Balaban J connectivity index is 1.91. The molecule has 1 unspecified atom stereocenters. The zero-order chi connectivity index (χ0) is 13.0. The second-order valence-electron chi connectivity index (χ2n) is 4.60. The average Bonchev–Trinajstić information content (AvgIpc) is 2.81. The highest BCUT2D eigenvalue weighted by Gasteiger charge is 2.26. The van der Waals surface area contributed by atoms with Crippen molar-refractivity contribution in [2.75, 3.05) is 19.7 Å². The lowest BCUT2D eigenvalue weighted by molar-refractivity contribution is -0.129. The summed E-state index contributed by atoms with van der Waals surface area (Å²) in [5.41, 5.74) is 1.03. The molecule has 1 fully saturated rings. The van der Waals surface area contributed by atoms with E-state index in [0.29, 0.717) is 18.9 Å². The largest absolute Gasteiger partial charge is 0.342 e. The number of halogens is 1. The molecule has 2 N–H and O–H groups in total. The molecule has 0 radical (unpaired) electrons. The number of amides is 1. The van der Waals surface area contributed by atoms with Gasteiger partial charge >= 0.3 is 0 Å². The summed E-state index contributed by atoms with van der Waals surface area (Å²) >= 11 is 3.46. The van der Waals surface area contributed by atoms with Crippen LogP contribution in [0.3, 0.4) is 0 Å². The van der Waals surface area contributed by atoms with E-state index in [1.165, 1.54) is 0 Å². The van der Waals surface area contributed by atoms with Gasteiger partial charge < -0.3 is 9.74 Å². The molecule has 1 saturated heterocycles. The number of carbonyl (C=O) groups excluding carboxylic acids is 1. The molecule has 18 heavy (non-hydrogen) atoms.